The second kappa shape index (κ2) is 7.82. The van der Waals surface area contributed by atoms with Gasteiger partial charge in [-0.3, -0.25) is 0 Å². The molecular weight excluding hydrogens is 314 g/mol. The largest absolute Gasteiger partial charge is 0.389 e. The van der Waals surface area contributed by atoms with Crippen molar-refractivity contribution in [1.29, 1.82) is 5.26 Å². The molecule has 0 heterocycles. The third-order valence-corrected chi connectivity index (χ3v) is 3.73. The molecule has 0 saturated heterocycles. The lowest BCUT2D eigenvalue weighted by Crippen LogP contribution is -2.44. The maximum atomic E-state index is 12.0. The molecular formula is C20H23N3O2. The van der Waals surface area contributed by atoms with E-state index < -0.39 is 5.60 Å². The lowest BCUT2D eigenvalue weighted by molar-refractivity contribution is 0.0531. The van der Waals surface area contributed by atoms with E-state index in [0.717, 1.165) is 16.7 Å². The summed E-state index contributed by atoms with van der Waals surface area (Å²) in [4.78, 5) is 13.5. The molecule has 0 bridgehead atoms. The maximum absolute atomic E-state index is 12.0. The van der Waals surface area contributed by atoms with E-state index in [1.54, 1.807) is 27.0 Å². The smallest absolute Gasteiger partial charge is 0.317 e. The van der Waals surface area contributed by atoms with Gasteiger partial charge in [-0.2, -0.15) is 5.26 Å². The summed E-state index contributed by atoms with van der Waals surface area (Å²) in [5.74, 6) is 0. The second-order valence-corrected chi connectivity index (χ2v) is 6.68. The van der Waals surface area contributed by atoms with Crippen molar-refractivity contribution in [2.45, 2.75) is 26.0 Å². The van der Waals surface area contributed by atoms with Gasteiger partial charge in [0.1, 0.15) is 0 Å². The molecule has 2 aromatic carbocycles. The van der Waals surface area contributed by atoms with Gasteiger partial charge in [0.2, 0.25) is 0 Å². The number of likely N-dealkylation sites (N-methyl/N-ethyl adjacent to an activating group) is 1. The second-order valence-electron chi connectivity index (χ2n) is 6.68. The Balaban J connectivity index is 1.99. The lowest BCUT2D eigenvalue weighted by Gasteiger charge is -2.25. The van der Waals surface area contributed by atoms with Crippen molar-refractivity contribution < 1.29 is 9.90 Å². The summed E-state index contributed by atoms with van der Waals surface area (Å²) in [5.41, 5.74) is 2.53. The number of hydrogen-bond donors (Lipinski definition) is 2. The minimum atomic E-state index is -0.929. The highest BCUT2D eigenvalue weighted by Crippen LogP contribution is 2.23. The van der Waals surface area contributed by atoms with Crippen molar-refractivity contribution in [1.82, 2.24) is 10.2 Å². The van der Waals surface area contributed by atoms with Gasteiger partial charge in [-0.15, -0.1) is 0 Å². The van der Waals surface area contributed by atoms with Gasteiger partial charge >= 0.3 is 6.03 Å². The van der Waals surface area contributed by atoms with Crippen LogP contribution in [-0.2, 0) is 6.54 Å². The first kappa shape index (κ1) is 18.5. The number of nitrogens with one attached hydrogen (secondary N) is 1. The minimum Gasteiger partial charge on any atom is -0.389 e. The Labute approximate surface area is 148 Å². The molecule has 0 aliphatic rings. The number of nitrogens with zero attached hydrogens (tertiary/aromatic N) is 2. The van der Waals surface area contributed by atoms with Gasteiger partial charge in [0, 0.05) is 13.6 Å². The van der Waals surface area contributed by atoms with Crippen LogP contribution in [-0.4, -0.2) is 35.2 Å². The van der Waals surface area contributed by atoms with E-state index in [1.165, 1.54) is 4.90 Å². The zero-order valence-electron chi connectivity index (χ0n) is 14.8. The molecule has 0 spiro atoms. The quantitative estimate of drug-likeness (QED) is 0.880. The van der Waals surface area contributed by atoms with Crippen molar-refractivity contribution >= 4 is 6.03 Å². The van der Waals surface area contributed by atoms with Crippen LogP contribution < -0.4 is 5.32 Å². The third-order valence-electron chi connectivity index (χ3n) is 3.73. The highest BCUT2D eigenvalue weighted by molar-refractivity contribution is 5.74. The molecule has 0 fully saturated rings. The molecule has 0 aliphatic carbocycles. The summed E-state index contributed by atoms with van der Waals surface area (Å²) in [6.07, 6.45) is 0. The van der Waals surface area contributed by atoms with Crippen LogP contribution in [0.1, 0.15) is 25.0 Å². The van der Waals surface area contributed by atoms with Crippen molar-refractivity contribution in [2.75, 3.05) is 13.6 Å². The number of carbonyl (C=O) groups is 1. The normalized spacial score (nSPS) is 10.8. The van der Waals surface area contributed by atoms with Gasteiger partial charge in [-0.25, -0.2) is 4.79 Å². The number of carbonyl (C=O) groups excluding carboxylic acids is 1. The standard InChI is InChI=1S/C20H23N3O2/c1-20(2,25)14-23(3)19(24)22-13-15-8-10-16(11-9-15)18-7-5-4-6-17(18)12-21/h4-11,25H,13-14H2,1-3H3,(H,22,24). The Hall–Kier alpha value is -2.84. The van der Waals surface area contributed by atoms with E-state index in [2.05, 4.69) is 11.4 Å². The average molecular weight is 337 g/mol. The van der Waals surface area contributed by atoms with Crippen LogP contribution >= 0.6 is 0 Å². The monoisotopic (exact) mass is 337 g/mol. The van der Waals surface area contributed by atoms with E-state index in [4.69, 9.17) is 0 Å². The summed E-state index contributed by atoms with van der Waals surface area (Å²) >= 11 is 0. The first-order chi connectivity index (χ1) is 11.8. The average Bonchev–Trinajstić information content (AvgIpc) is 2.58. The number of hydrogen-bond acceptors (Lipinski definition) is 3. The van der Waals surface area contributed by atoms with Crippen LogP contribution in [0.5, 0.6) is 0 Å². The van der Waals surface area contributed by atoms with Crippen molar-refractivity contribution in [3.63, 3.8) is 0 Å². The van der Waals surface area contributed by atoms with Crippen molar-refractivity contribution in [3.8, 4) is 17.2 Å². The fraction of sp³-hybridized carbons (Fsp3) is 0.300. The van der Waals surface area contributed by atoms with Gasteiger partial charge in [0.15, 0.2) is 0 Å². The predicted octanol–water partition coefficient (Wildman–Crippen LogP) is 3.14. The van der Waals surface area contributed by atoms with Crippen LogP contribution in [0.2, 0.25) is 0 Å². The number of rotatable bonds is 5. The Morgan fingerprint density at radius 1 is 1.20 bits per heavy atom. The first-order valence-corrected chi connectivity index (χ1v) is 8.10. The van der Waals surface area contributed by atoms with Gasteiger partial charge in [-0.1, -0.05) is 42.5 Å². The van der Waals surface area contributed by atoms with Crippen LogP contribution in [0.3, 0.4) is 0 Å². The molecule has 2 aromatic rings. The number of amides is 2. The Morgan fingerprint density at radius 2 is 1.84 bits per heavy atom. The van der Waals surface area contributed by atoms with E-state index in [1.807, 2.05) is 42.5 Å². The zero-order chi connectivity index (χ0) is 18.4. The van der Waals surface area contributed by atoms with Gasteiger partial charge in [-0.05, 0) is 36.6 Å². The van der Waals surface area contributed by atoms with Crippen LogP contribution in [0, 0.1) is 11.3 Å². The molecule has 5 heteroatoms. The minimum absolute atomic E-state index is 0.235. The van der Waals surface area contributed by atoms with Gasteiger partial charge < -0.3 is 15.3 Å². The number of nitriles is 1. The third kappa shape index (κ3) is 5.33. The molecule has 130 valence electrons. The van der Waals surface area contributed by atoms with Crippen LogP contribution in [0.4, 0.5) is 4.79 Å². The van der Waals surface area contributed by atoms with Crippen molar-refractivity contribution in [3.05, 3.63) is 59.7 Å². The number of aliphatic hydroxyl groups is 1. The molecule has 2 amide bonds. The molecule has 0 atom stereocenters. The maximum Gasteiger partial charge on any atom is 0.317 e. The molecule has 0 unspecified atom stereocenters. The van der Waals surface area contributed by atoms with E-state index >= 15 is 0 Å². The molecule has 0 aliphatic heterocycles. The Bertz CT molecular complexity index is 771. The molecule has 2 N–H and O–H groups in total. The summed E-state index contributed by atoms with van der Waals surface area (Å²) in [7, 11) is 1.65. The molecule has 25 heavy (non-hydrogen) atoms. The van der Waals surface area contributed by atoms with E-state index in [0.29, 0.717) is 12.1 Å². The molecule has 0 saturated carbocycles. The van der Waals surface area contributed by atoms with Gasteiger partial charge in [0.05, 0.1) is 23.8 Å². The van der Waals surface area contributed by atoms with Crippen molar-refractivity contribution in [2.24, 2.45) is 0 Å². The van der Waals surface area contributed by atoms with Crippen LogP contribution in [0.25, 0.3) is 11.1 Å². The molecule has 5 nitrogen and oxygen atoms in total. The number of benzene rings is 2. The lowest BCUT2D eigenvalue weighted by atomic mass is 9.99. The summed E-state index contributed by atoms with van der Waals surface area (Å²) in [6.45, 7) is 3.97. The molecule has 0 radical (unpaired) electrons. The fourth-order valence-corrected chi connectivity index (χ4v) is 2.60. The molecule has 2 rings (SSSR count). The topological polar surface area (TPSA) is 76.4 Å². The zero-order valence-corrected chi connectivity index (χ0v) is 14.8. The molecule has 0 aromatic heterocycles. The highest BCUT2D eigenvalue weighted by Gasteiger charge is 2.18. The Morgan fingerprint density at radius 3 is 2.44 bits per heavy atom. The highest BCUT2D eigenvalue weighted by atomic mass is 16.3. The summed E-state index contributed by atoms with van der Waals surface area (Å²) < 4.78 is 0. The fourth-order valence-electron chi connectivity index (χ4n) is 2.60. The summed E-state index contributed by atoms with van der Waals surface area (Å²) in [6, 6.07) is 17.2. The first-order valence-electron chi connectivity index (χ1n) is 8.10. The number of urea groups is 1. The predicted molar refractivity (Wildman–Crippen MR) is 97.8 cm³/mol. The Kier molecular flexibility index (Phi) is 5.79. The summed E-state index contributed by atoms with van der Waals surface area (Å²) in [5, 5.41) is 21.8. The van der Waals surface area contributed by atoms with E-state index in [9.17, 15) is 15.2 Å². The van der Waals surface area contributed by atoms with Gasteiger partial charge in [0.25, 0.3) is 0 Å². The van der Waals surface area contributed by atoms with E-state index in [-0.39, 0.29) is 12.6 Å². The van der Waals surface area contributed by atoms with Crippen LogP contribution in [0.15, 0.2) is 48.5 Å². The SMILES string of the molecule is CN(CC(C)(C)O)C(=O)NCc1ccc(-c2ccccc2C#N)cc1.